The molecule has 0 aliphatic rings. The SMILES string of the molecule is Cc1cc(C(C)Oc2ccc(N)cc2)c2ccccc2n1. The van der Waals surface area contributed by atoms with E-state index in [1.807, 2.05) is 49.4 Å². The molecule has 1 atom stereocenters. The molecule has 1 aromatic heterocycles. The molecule has 3 heteroatoms. The number of fused-ring (bicyclic) bond motifs is 1. The highest BCUT2D eigenvalue weighted by molar-refractivity contribution is 5.82. The van der Waals surface area contributed by atoms with Gasteiger partial charge in [-0.05, 0) is 50.2 Å². The third-order valence-electron chi connectivity index (χ3n) is 3.51. The lowest BCUT2D eigenvalue weighted by Gasteiger charge is -2.17. The standard InChI is InChI=1S/C18H18N2O/c1-12-11-17(16-5-3-4-6-18(16)20-12)13(2)21-15-9-7-14(19)8-10-15/h3-11,13H,19H2,1-2H3. The number of aryl methyl sites for hydroxylation is 1. The summed E-state index contributed by atoms with van der Waals surface area (Å²) in [4.78, 5) is 4.57. The first-order chi connectivity index (χ1) is 10.1. The van der Waals surface area contributed by atoms with Crippen LogP contribution in [-0.2, 0) is 0 Å². The Kier molecular flexibility index (Phi) is 3.48. The molecule has 3 nitrogen and oxygen atoms in total. The number of anilines is 1. The van der Waals surface area contributed by atoms with E-state index in [9.17, 15) is 0 Å². The van der Waals surface area contributed by atoms with Gasteiger partial charge < -0.3 is 10.5 Å². The number of rotatable bonds is 3. The molecule has 0 radical (unpaired) electrons. The summed E-state index contributed by atoms with van der Waals surface area (Å²) < 4.78 is 6.04. The van der Waals surface area contributed by atoms with Crippen molar-refractivity contribution >= 4 is 16.6 Å². The Morgan fingerprint density at radius 3 is 2.52 bits per heavy atom. The molecule has 0 aliphatic carbocycles. The van der Waals surface area contributed by atoms with Crippen molar-refractivity contribution in [1.82, 2.24) is 4.98 Å². The molecule has 106 valence electrons. The van der Waals surface area contributed by atoms with E-state index in [0.717, 1.165) is 33.6 Å². The monoisotopic (exact) mass is 278 g/mol. The van der Waals surface area contributed by atoms with Crippen LogP contribution in [0, 0.1) is 6.92 Å². The Morgan fingerprint density at radius 1 is 1.05 bits per heavy atom. The van der Waals surface area contributed by atoms with Crippen LogP contribution in [0.3, 0.4) is 0 Å². The second-order valence-electron chi connectivity index (χ2n) is 5.20. The zero-order chi connectivity index (χ0) is 14.8. The number of nitrogen functional groups attached to an aromatic ring is 1. The van der Waals surface area contributed by atoms with Crippen LogP contribution < -0.4 is 10.5 Å². The van der Waals surface area contributed by atoms with Crippen LogP contribution in [-0.4, -0.2) is 4.98 Å². The summed E-state index contributed by atoms with van der Waals surface area (Å²) >= 11 is 0. The summed E-state index contributed by atoms with van der Waals surface area (Å²) in [5.41, 5.74) is 9.58. The highest BCUT2D eigenvalue weighted by Crippen LogP contribution is 2.28. The lowest BCUT2D eigenvalue weighted by molar-refractivity contribution is 0.228. The number of para-hydroxylation sites is 1. The number of benzene rings is 2. The van der Waals surface area contributed by atoms with E-state index in [1.54, 1.807) is 0 Å². The van der Waals surface area contributed by atoms with Gasteiger partial charge >= 0.3 is 0 Å². The molecule has 1 unspecified atom stereocenters. The average molecular weight is 278 g/mol. The number of nitrogens with zero attached hydrogens (tertiary/aromatic N) is 1. The lowest BCUT2D eigenvalue weighted by Crippen LogP contribution is -2.05. The highest BCUT2D eigenvalue weighted by Gasteiger charge is 2.12. The van der Waals surface area contributed by atoms with Crippen molar-refractivity contribution < 1.29 is 4.74 Å². The first kappa shape index (κ1) is 13.4. The number of hydrogen-bond acceptors (Lipinski definition) is 3. The van der Waals surface area contributed by atoms with E-state index in [1.165, 1.54) is 0 Å². The summed E-state index contributed by atoms with van der Waals surface area (Å²) in [6.45, 7) is 4.06. The Bertz CT molecular complexity index is 766. The Balaban J connectivity index is 1.97. The summed E-state index contributed by atoms with van der Waals surface area (Å²) in [5.74, 6) is 0.815. The number of ether oxygens (including phenoxy) is 1. The van der Waals surface area contributed by atoms with Gasteiger partial charge in [0.25, 0.3) is 0 Å². The van der Waals surface area contributed by atoms with Gasteiger partial charge in [-0.15, -0.1) is 0 Å². The van der Waals surface area contributed by atoms with Crippen LogP contribution in [0.25, 0.3) is 10.9 Å². The van der Waals surface area contributed by atoms with Crippen LogP contribution in [0.5, 0.6) is 5.75 Å². The largest absolute Gasteiger partial charge is 0.486 e. The molecular formula is C18H18N2O. The summed E-state index contributed by atoms with van der Waals surface area (Å²) in [5, 5.41) is 1.13. The first-order valence-corrected chi connectivity index (χ1v) is 7.02. The molecule has 0 saturated heterocycles. The molecule has 0 bridgehead atoms. The lowest BCUT2D eigenvalue weighted by atomic mass is 10.0. The molecule has 0 amide bonds. The van der Waals surface area contributed by atoms with Crippen LogP contribution in [0.4, 0.5) is 5.69 Å². The molecule has 21 heavy (non-hydrogen) atoms. The first-order valence-electron chi connectivity index (χ1n) is 7.02. The second-order valence-corrected chi connectivity index (χ2v) is 5.20. The predicted molar refractivity (Wildman–Crippen MR) is 86.4 cm³/mol. The van der Waals surface area contributed by atoms with Crippen molar-refractivity contribution in [2.75, 3.05) is 5.73 Å². The molecule has 3 aromatic rings. The Hall–Kier alpha value is -2.55. The smallest absolute Gasteiger partial charge is 0.122 e. The maximum absolute atomic E-state index is 6.04. The molecular weight excluding hydrogens is 260 g/mol. The fourth-order valence-corrected chi connectivity index (χ4v) is 2.49. The molecule has 2 aromatic carbocycles. The third kappa shape index (κ3) is 2.82. The number of pyridine rings is 1. The fourth-order valence-electron chi connectivity index (χ4n) is 2.49. The normalized spacial score (nSPS) is 12.3. The number of nitrogens with two attached hydrogens (primary N) is 1. The topological polar surface area (TPSA) is 48.1 Å². The van der Waals surface area contributed by atoms with Gasteiger partial charge in [0, 0.05) is 22.3 Å². The van der Waals surface area contributed by atoms with Crippen molar-refractivity contribution in [3.63, 3.8) is 0 Å². The maximum Gasteiger partial charge on any atom is 0.122 e. The Labute approximate surface area is 124 Å². The molecule has 3 rings (SSSR count). The van der Waals surface area contributed by atoms with Crippen molar-refractivity contribution in [2.24, 2.45) is 0 Å². The van der Waals surface area contributed by atoms with E-state index in [4.69, 9.17) is 10.5 Å². The number of aromatic nitrogens is 1. The van der Waals surface area contributed by atoms with E-state index in [0.29, 0.717) is 0 Å². The van der Waals surface area contributed by atoms with Gasteiger partial charge in [0.2, 0.25) is 0 Å². The molecule has 1 heterocycles. The molecule has 0 aliphatic heterocycles. The van der Waals surface area contributed by atoms with E-state index in [-0.39, 0.29) is 6.10 Å². The fraction of sp³-hybridized carbons (Fsp3) is 0.167. The third-order valence-corrected chi connectivity index (χ3v) is 3.51. The van der Waals surface area contributed by atoms with Crippen molar-refractivity contribution in [3.8, 4) is 5.75 Å². The van der Waals surface area contributed by atoms with Crippen LogP contribution in [0.15, 0.2) is 54.6 Å². The molecule has 0 fully saturated rings. The maximum atomic E-state index is 6.04. The summed E-state index contributed by atoms with van der Waals surface area (Å²) in [7, 11) is 0. The minimum absolute atomic E-state index is 0.0553. The van der Waals surface area contributed by atoms with Gasteiger partial charge in [-0.25, -0.2) is 0 Å². The average Bonchev–Trinajstić information content (AvgIpc) is 2.48. The minimum Gasteiger partial charge on any atom is -0.486 e. The predicted octanol–water partition coefficient (Wildman–Crippen LogP) is 4.27. The second kappa shape index (κ2) is 5.44. The molecule has 0 spiro atoms. The summed E-state index contributed by atoms with van der Waals surface area (Å²) in [6, 6.07) is 17.7. The zero-order valence-electron chi connectivity index (χ0n) is 12.2. The molecule has 0 saturated carbocycles. The zero-order valence-corrected chi connectivity index (χ0v) is 12.2. The van der Waals surface area contributed by atoms with Gasteiger partial charge in [0.1, 0.15) is 11.9 Å². The molecule has 2 N–H and O–H groups in total. The van der Waals surface area contributed by atoms with Gasteiger partial charge in [-0.2, -0.15) is 0 Å². The highest BCUT2D eigenvalue weighted by atomic mass is 16.5. The Morgan fingerprint density at radius 2 is 1.76 bits per heavy atom. The van der Waals surface area contributed by atoms with Crippen molar-refractivity contribution in [3.05, 3.63) is 65.9 Å². The van der Waals surface area contributed by atoms with Crippen LogP contribution in [0.2, 0.25) is 0 Å². The van der Waals surface area contributed by atoms with Gasteiger partial charge in [0.05, 0.1) is 5.52 Å². The van der Waals surface area contributed by atoms with Crippen molar-refractivity contribution in [1.29, 1.82) is 0 Å². The summed E-state index contributed by atoms with van der Waals surface area (Å²) in [6.07, 6.45) is -0.0553. The van der Waals surface area contributed by atoms with Gasteiger partial charge in [-0.3, -0.25) is 4.98 Å². The van der Waals surface area contributed by atoms with E-state index in [2.05, 4.69) is 24.0 Å². The van der Waals surface area contributed by atoms with Crippen molar-refractivity contribution in [2.45, 2.75) is 20.0 Å². The quantitative estimate of drug-likeness (QED) is 0.728. The minimum atomic E-state index is -0.0553. The van der Waals surface area contributed by atoms with Crippen LogP contribution in [0.1, 0.15) is 24.3 Å². The number of hydrogen-bond donors (Lipinski definition) is 1. The van der Waals surface area contributed by atoms with Gasteiger partial charge in [-0.1, -0.05) is 18.2 Å². The van der Waals surface area contributed by atoms with Crippen LogP contribution >= 0.6 is 0 Å². The van der Waals surface area contributed by atoms with Gasteiger partial charge in [0.15, 0.2) is 0 Å². The van der Waals surface area contributed by atoms with E-state index < -0.39 is 0 Å². The van der Waals surface area contributed by atoms with E-state index >= 15 is 0 Å².